The highest BCUT2D eigenvalue weighted by Gasteiger charge is 2.16. The molecule has 178 valence electrons. The molecular formula is C27H29N7O. The zero-order valence-electron chi connectivity index (χ0n) is 20.0. The molecule has 2 N–H and O–H groups in total. The summed E-state index contributed by atoms with van der Waals surface area (Å²) in [6, 6.07) is 19.3. The van der Waals surface area contributed by atoms with E-state index in [1.165, 1.54) is 19.3 Å². The summed E-state index contributed by atoms with van der Waals surface area (Å²) in [6.45, 7) is 5.88. The molecule has 8 heteroatoms. The smallest absolute Gasteiger partial charge is 0.259 e. The van der Waals surface area contributed by atoms with E-state index in [0.717, 1.165) is 47.6 Å². The molecule has 0 spiro atoms. The molecule has 1 saturated heterocycles. The third-order valence-corrected chi connectivity index (χ3v) is 6.15. The minimum absolute atomic E-state index is 0.192. The first kappa shape index (κ1) is 22.6. The zero-order chi connectivity index (χ0) is 24.2. The van der Waals surface area contributed by atoms with Crippen molar-refractivity contribution in [3.05, 3.63) is 83.8 Å². The van der Waals surface area contributed by atoms with Crippen LogP contribution in [0.5, 0.6) is 0 Å². The van der Waals surface area contributed by atoms with Gasteiger partial charge in [-0.25, -0.2) is 9.67 Å². The number of carbonyl (C=O) groups excluding carboxylic acids is 1. The molecule has 1 amide bonds. The minimum Gasteiger partial charge on any atom is -0.341 e. The summed E-state index contributed by atoms with van der Waals surface area (Å²) in [5, 5.41) is 10.7. The van der Waals surface area contributed by atoms with E-state index in [0.29, 0.717) is 11.3 Å². The van der Waals surface area contributed by atoms with Gasteiger partial charge in [-0.15, -0.1) is 0 Å². The summed E-state index contributed by atoms with van der Waals surface area (Å²) < 4.78 is 1.77. The second-order valence-electron chi connectivity index (χ2n) is 8.79. The first-order chi connectivity index (χ1) is 17.1. The van der Waals surface area contributed by atoms with E-state index in [4.69, 9.17) is 4.98 Å². The van der Waals surface area contributed by atoms with Crippen molar-refractivity contribution in [1.82, 2.24) is 19.7 Å². The van der Waals surface area contributed by atoms with Crippen LogP contribution >= 0.6 is 0 Å². The monoisotopic (exact) mass is 467 g/mol. The summed E-state index contributed by atoms with van der Waals surface area (Å²) in [4.78, 5) is 24.5. The topological polar surface area (TPSA) is 88.0 Å². The van der Waals surface area contributed by atoms with E-state index in [1.807, 2.05) is 74.5 Å². The Morgan fingerprint density at radius 1 is 0.886 bits per heavy atom. The number of para-hydroxylation sites is 1. The van der Waals surface area contributed by atoms with Gasteiger partial charge in [0, 0.05) is 36.2 Å². The number of piperidine rings is 1. The fourth-order valence-electron chi connectivity index (χ4n) is 4.30. The molecule has 1 aliphatic rings. The SMILES string of the molecule is Cc1cc(Nc2ccc(NC(=O)c3cnn(-c4ccccc4)c3C)cc2)nc(N2CCCCC2)n1. The molecule has 0 saturated carbocycles. The fraction of sp³-hybridized carbons (Fsp3) is 0.259. The van der Waals surface area contributed by atoms with Crippen LogP contribution in [-0.4, -0.2) is 38.7 Å². The van der Waals surface area contributed by atoms with Crippen molar-refractivity contribution in [3.8, 4) is 5.69 Å². The van der Waals surface area contributed by atoms with Crippen LogP contribution in [0.1, 0.15) is 41.0 Å². The number of aryl methyl sites for hydroxylation is 1. The maximum Gasteiger partial charge on any atom is 0.259 e. The van der Waals surface area contributed by atoms with Crippen molar-refractivity contribution in [2.45, 2.75) is 33.1 Å². The van der Waals surface area contributed by atoms with Gasteiger partial charge in [-0.2, -0.15) is 10.1 Å². The van der Waals surface area contributed by atoms with Crippen LogP contribution in [-0.2, 0) is 0 Å². The minimum atomic E-state index is -0.192. The highest BCUT2D eigenvalue weighted by atomic mass is 16.1. The highest BCUT2D eigenvalue weighted by molar-refractivity contribution is 6.05. The van der Waals surface area contributed by atoms with Gasteiger partial charge in [-0.1, -0.05) is 18.2 Å². The summed E-state index contributed by atoms with van der Waals surface area (Å²) in [7, 11) is 0. The van der Waals surface area contributed by atoms with E-state index in [-0.39, 0.29) is 5.91 Å². The number of hydrogen-bond acceptors (Lipinski definition) is 6. The first-order valence-electron chi connectivity index (χ1n) is 12.0. The van der Waals surface area contributed by atoms with E-state index in [9.17, 15) is 4.79 Å². The standard InChI is InChI=1S/C27H29N7O/c1-19-17-25(32-27(29-19)33-15-7-4-8-16-33)30-21-11-13-22(14-12-21)31-26(35)24-18-28-34(20(24)2)23-9-5-3-6-10-23/h3,5-6,9-14,17-18H,4,7-8,15-16H2,1-2H3,(H,31,35)(H,29,30,32). The summed E-state index contributed by atoms with van der Waals surface area (Å²) in [5.41, 5.74) is 4.77. The predicted molar refractivity (Wildman–Crippen MR) is 139 cm³/mol. The van der Waals surface area contributed by atoms with E-state index >= 15 is 0 Å². The summed E-state index contributed by atoms with van der Waals surface area (Å²) >= 11 is 0. The Balaban J connectivity index is 1.26. The Morgan fingerprint density at radius 3 is 2.34 bits per heavy atom. The first-order valence-corrected chi connectivity index (χ1v) is 12.0. The molecular weight excluding hydrogens is 438 g/mol. The third-order valence-electron chi connectivity index (χ3n) is 6.15. The highest BCUT2D eigenvalue weighted by Crippen LogP contribution is 2.23. The van der Waals surface area contributed by atoms with Crippen molar-refractivity contribution in [1.29, 1.82) is 0 Å². The van der Waals surface area contributed by atoms with Gasteiger partial charge in [0.25, 0.3) is 5.91 Å². The molecule has 4 aromatic rings. The molecule has 1 aliphatic heterocycles. The average Bonchev–Trinajstić information content (AvgIpc) is 3.27. The average molecular weight is 468 g/mol. The number of amides is 1. The molecule has 0 aliphatic carbocycles. The maximum atomic E-state index is 12.9. The van der Waals surface area contributed by atoms with Crippen LogP contribution in [0.15, 0.2) is 66.9 Å². The fourth-order valence-corrected chi connectivity index (χ4v) is 4.30. The molecule has 8 nitrogen and oxygen atoms in total. The second kappa shape index (κ2) is 9.97. The number of carbonyl (C=O) groups is 1. The second-order valence-corrected chi connectivity index (χ2v) is 8.79. The third kappa shape index (κ3) is 5.16. The van der Waals surface area contributed by atoms with Crippen LogP contribution in [0, 0.1) is 13.8 Å². The van der Waals surface area contributed by atoms with Gasteiger partial charge in [-0.3, -0.25) is 4.79 Å². The lowest BCUT2D eigenvalue weighted by Crippen LogP contribution is -2.31. The number of anilines is 4. The number of rotatable bonds is 6. The van der Waals surface area contributed by atoms with Crippen molar-refractivity contribution in [2.75, 3.05) is 28.6 Å². The summed E-state index contributed by atoms with van der Waals surface area (Å²) in [6.07, 6.45) is 5.23. The van der Waals surface area contributed by atoms with Crippen LogP contribution in [0.25, 0.3) is 5.69 Å². The zero-order valence-corrected chi connectivity index (χ0v) is 20.0. The van der Waals surface area contributed by atoms with Crippen LogP contribution in [0.2, 0.25) is 0 Å². The lowest BCUT2D eigenvalue weighted by molar-refractivity contribution is 0.102. The number of benzene rings is 2. The molecule has 0 unspecified atom stereocenters. The van der Waals surface area contributed by atoms with Crippen LogP contribution in [0.4, 0.5) is 23.1 Å². The Bertz CT molecular complexity index is 1310. The number of hydrogen-bond donors (Lipinski definition) is 2. The Kier molecular flexibility index (Phi) is 6.43. The molecule has 5 rings (SSSR count). The van der Waals surface area contributed by atoms with E-state index in [2.05, 4.69) is 25.6 Å². The summed E-state index contributed by atoms with van der Waals surface area (Å²) in [5.74, 6) is 1.35. The molecule has 2 aromatic carbocycles. The van der Waals surface area contributed by atoms with Gasteiger partial charge >= 0.3 is 0 Å². The van der Waals surface area contributed by atoms with Crippen molar-refractivity contribution in [2.24, 2.45) is 0 Å². The van der Waals surface area contributed by atoms with Gasteiger partial charge in [0.15, 0.2) is 0 Å². The molecule has 0 atom stereocenters. The Labute approximate surface area is 205 Å². The lowest BCUT2D eigenvalue weighted by Gasteiger charge is -2.27. The van der Waals surface area contributed by atoms with Gasteiger partial charge < -0.3 is 15.5 Å². The largest absolute Gasteiger partial charge is 0.341 e. The number of nitrogens with one attached hydrogen (secondary N) is 2. The Morgan fingerprint density at radius 2 is 1.60 bits per heavy atom. The normalized spacial score (nSPS) is 13.5. The molecule has 1 fully saturated rings. The van der Waals surface area contributed by atoms with E-state index < -0.39 is 0 Å². The maximum absolute atomic E-state index is 12.9. The van der Waals surface area contributed by atoms with Crippen molar-refractivity contribution in [3.63, 3.8) is 0 Å². The number of aromatic nitrogens is 4. The molecule has 35 heavy (non-hydrogen) atoms. The van der Waals surface area contributed by atoms with Crippen LogP contribution < -0.4 is 15.5 Å². The van der Waals surface area contributed by atoms with Gasteiger partial charge in [0.2, 0.25) is 5.95 Å². The van der Waals surface area contributed by atoms with E-state index in [1.54, 1.807) is 10.9 Å². The van der Waals surface area contributed by atoms with Crippen LogP contribution in [0.3, 0.4) is 0 Å². The van der Waals surface area contributed by atoms with Gasteiger partial charge in [-0.05, 0) is 69.5 Å². The molecule has 2 aromatic heterocycles. The predicted octanol–water partition coefficient (Wildman–Crippen LogP) is 5.27. The number of nitrogens with zero attached hydrogens (tertiary/aromatic N) is 5. The quantitative estimate of drug-likeness (QED) is 0.402. The molecule has 0 radical (unpaired) electrons. The van der Waals surface area contributed by atoms with Crippen molar-refractivity contribution >= 4 is 29.0 Å². The van der Waals surface area contributed by atoms with Crippen molar-refractivity contribution < 1.29 is 4.79 Å². The van der Waals surface area contributed by atoms with Gasteiger partial charge in [0.1, 0.15) is 5.82 Å². The lowest BCUT2D eigenvalue weighted by atomic mass is 10.1. The molecule has 3 heterocycles. The molecule has 0 bridgehead atoms. The van der Waals surface area contributed by atoms with Gasteiger partial charge in [0.05, 0.1) is 23.1 Å². The Hall–Kier alpha value is -4.20.